The first kappa shape index (κ1) is 18.1. The summed E-state index contributed by atoms with van der Waals surface area (Å²) in [6.07, 6.45) is 5.32. The van der Waals surface area contributed by atoms with Crippen molar-refractivity contribution in [1.82, 2.24) is 0 Å². The lowest BCUT2D eigenvalue weighted by molar-refractivity contribution is 0.0526. The van der Waals surface area contributed by atoms with Crippen molar-refractivity contribution in [2.24, 2.45) is 0 Å². The molecule has 0 bridgehead atoms. The van der Waals surface area contributed by atoms with Gasteiger partial charge in [0.05, 0.1) is 12.2 Å². The van der Waals surface area contributed by atoms with E-state index in [0.29, 0.717) is 18.6 Å². The summed E-state index contributed by atoms with van der Waals surface area (Å²) in [5, 5.41) is 0. The van der Waals surface area contributed by atoms with Crippen LogP contribution in [0.5, 0.6) is 0 Å². The fraction of sp³-hybridized carbons (Fsp3) is 0.304. The van der Waals surface area contributed by atoms with Gasteiger partial charge in [-0.25, -0.2) is 4.79 Å². The molecule has 0 amide bonds. The number of rotatable bonds is 4. The van der Waals surface area contributed by atoms with Gasteiger partial charge in [0.25, 0.3) is 0 Å². The molecule has 0 N–H and O–H groups in total. The Kier molecular flexibility index (Phi) is 5.08. The van der Waals surface area contributed by atoms with Crippen LogP contribution in [0.1, 0.15) is 71.0 Å². The van der Waals surface area contributed by atoms with Crippen LogP contribution in [0.25, 0.3) is 12.2 Å². The van der Waals surface area contributed by atoms with Gasteiger partial charge in [-0.1, -0.05) is 56.3 Å². The molecule has 134 valence electrons. The van der Waals surface area contributed by atoms with Crippen molar-refractivity contribution >= 4 is 23.9 Å². The van der Waals surface area contributed by atoms with Crippen molar-refractivity contribution in [3.8, 4) is 0 Å². The molecule has 0 atom stereocenters. The highest BCUT2D eigenvalue weighted by Gasteiger charge is 2.31. The molecule has 3 heteroatoms. The maximum atomic E-state index is 12.3. The number of hydrogen-bond donors (Lipinski definition) is 0. The highest BCUT2D eigenvalue weighted by molar-refractivity contribution is 6.00. The van der Waals surface area contributed by atoms with Crippen molar-refractivity contribution in [1.29, 1.82) is 0 Å². The Morgan fingerprint density at radius 1 is 1.15 bits per heavy atom. The zero-order valence-corrected chi connectivity index (χ0v) is 15.5. The quantitative estimate of drug-likeness (QED) is 0.557. The molecule has 0 saturated carbocycles. The first-order valence-corrected chi connectivity index (χ1v) is 9.04. The number of fused-ring (bicyclic) bond motifs is 1. The normalized spacial score (nSPS) is 15.7. The Bertz CT molecular complexity index is 875. The molecule has 0 aliphatic heterocycles. The number of benzene rings is 2. The Hall–Kier alpha value is -2.68. The summed E-state index contributed by atoms with van der Waals surface area (Å²) in [5.74, 6) is -0.114. The van der Waals surface area contributed by atoms with Crippen LogP contribution in [-0.2, 0) is 10.2 Å². The molecule has 1 aliphatic rings. The van der Waals surface area contributed by atoms with Gasteiger partial charge in [-0.15, -0.1) is 0 Å². The van der Waals surface area contributed by atoms with Crippen molar-refractivity contribution in [3.05, 3.63) is 70.3 Å². The summed E-state index contributed by atoms with van der Waals surface area (Å²) >= 11 is 0. The maximum absolute atomic E-state index is 12.3. The minimum atomic E-state index is -0.324. The molecule has 26 heavy (non-hydrogen) atoms. The second-order valence-electron chi connectivity index (χ2n) is 7.25. The first-order valence-electron chi connectivity index (χ1n) is 9.04. The fourth-order valence-electron chi connectivity index (χ4n) is 3.40. The molecule has 0 unspecified atom stereocenters. The van der Waals surface area contributed by atoms with Crippen LogP contribution in [0, 0.1) is 0 Å². The third-order valence-electron chi connectivity index (χ3n) is 4.96. The van der Waals surface area contributed by atoms with E-state index in [1.165, 1.54) is 0 Å². The van der Waals surface area contributed by atoms with Gasteiger partial charge < -0.3 is 4.74 Å². The smallest absolute Gasteiger partial charge is 0.338 e. The highest BCUT2D eigenvalue weighted by Crippen LogP contribution is 2.37. The maximum Gasteiger partial charge on any atom is 0.338 e. The minimum absolute atomic E-state index is 0.0298. The van der Waals surface area contributed by atoms with E-state index >= 15 is 0 Å². The van der Waals surface area contributed by atoms with Gasteiger partial charge in [-0.05, 0) is 47.6 Å². The minimum Gasteiger partial charge on any atom is -0.462 e. The van der Waals surface area contributed by atoms with Crippen LogP contribution in [0.3, 0.4) is 0 Å². The fourth-order valence-corrected chi connectivity index (χ4v) is 3.40. The van der Waals surface area contributed by atoms with E-state index in [0.717, 1.165) is 28.7 Å². The van der Waals surface area contributed by atoms with E-state index in [9.17, 15) is 9.59 Å². The van der Waals surface area contributed by atoms with Crippen LogP contribution in [-0.4, -0.2) is 18.4 Å². The third-order valence-corrected chi connectivity index (χ3v) is 4.96. The van der Waals surface area contributed by atoms with Gasteiger partial charge in [0.1, 0.15) is 0 Å². The van der Waals surface area contributed by atoms with E-state index in [1.54, 1.807) is 13.0 Å². The van der Waals surface area contributed by atoms with Crippen molar-refractivity contribution in [2.75, 3.05) is 6.61 Å². The molecule has 0 fully saturated rings. The zero-order chi connectivity index (χ0) is 18.7. The van der Waals surface area contributed by atoms with E-state index in [1.807, 2.05) is 42.5 Å². The summed E-state index contributed by atoms with van der Waals surface area (Å²) in [6.45, 7) is 6.51. The average Bonchev–Trinajstić information content (AvgIpc) is 2.64. The van der Waals surface area contributed by atoms with Crippen LogP contribution >= 0.6 is 0 Å². The molecule has 0 spiro atoms. The van der Waals surface area contributed by atoms with Crippen molar-refractivity contribution in [2.45, 2.75) is 39.0 Å². The topological polar surface area (TPSA) is 43.4 Å². The van der Waals surface area contributed by atoms with Gasteiger partial charge in [-0.3, -0.25) is 4.79 Å². The van der Waals surface area contributed by atoms with Crippen LogP contribution < -0.4 is 0 Å². The average molecular weight is 348 g/mol. The number of carbonyl (C=O) groups is 2. The van der Waals surface area contributed by atoms with Crippen LogP contribution in [0.2, 0.25) is 0 Å². The SMILES string of the molecule is CCOC(=O)c1ccccc1/C=C/c1ccc2c(c1)C(=O)CCC2(C)C. The van der Waals surface area contributed by atoms with Gasteiger partial charge in [0, 0.05) is 12.0 Å². The Labute approximate surface area is 154 Å². The summed E-state index contributed by atoms with van der Waals surface area (Å²) in [5.41, 5.74) is 4.27. The molecule has 2 aromatic carbocycles. The third kappa shape index (κ3) is 3.62. The zero-order valence-electron chi connectivity index (χ0n) is 15.5. The predicted molar refractivity (Wildman–Crippen MR) is 104 cm³/mol. The Balaban J connectivity index is 1.92. The standard InChI is InChI=1S/C23H24O3/c1-4-26-22(25)18-8-6-5-7-17(18)11-9-16-10-12-20-19(15-16)21(24)13-14-23(20,2)3/h5-12,15H,4,13-14H2,1-3H3/b11-9+. The Morgan fingerprint density at radius 2 is 1.92 bits per heavy atom. The lowest BCUT2D eigenvalue weighted by atomic mass is 9.72. The summed E-state index contributed by atoms with van der Waals surface area (Å²) in [4.78, 5) is 24.4. The number of Topliss-reactive ketones (excluding diaryl/α,β-unsaturated/α-hetero) is 1. The molecule has 1 aliphatic carbocycles. The van der Waals surface area contributed by atoms with E-state index in [-0.39, 0.29) is 17.2 Å². The number of ketones is 1. The second kappa shape index (κ2) is 7.28. The van der Waals surface area contributed by atoms with Crippen molar-refractivity contribution < 1.29 is 14.3 Å². The molecular weight excluding hydrogens is 324 g/mol. The lowest BCUT2D eigenvalue weighted by Crippen LogP contribution is -2.27. The number of esters is 1. The summed E-state index contributed by atoms with van der Waals surface area (Å²) < 4.78 is 5.11. The van der Waals surface area contributed by atoms with Gasteiger partial charge in [-0.2, -0.15) is 0 Å². The lowest BCUT2D eigenvalue weighted by Gasteiger charge is -2.31. The number of ether oxygens (including phenoxy) is 1. The second-order valence-corrected chi connectivity index (χ2v) is 7.25. The summed E-state index contributed by atoms with van der Waals surface area (Å²) in [7, 11) is 0. The molecule has 2 aromatic rings. The van der Waals surface area contributed by atoms with Gasteiger partial charge in [0.15, 0.2) is 5.78 Å². The number of hydrogen-bond acceptors (Lipinski definition) is 3. The largest absolute Gasteiger partial charge is 0.462 e. The molecule has 3 nitrogen and oxygen atoms in total. The molecule has 0 heterocycles. The van der Waals surface area contributed by atoms with E-state index < -0.39 is 0 Å². The van der Waals surface area contributed by atoms with Crippen LogP contribution in [0.4, 0.5) is 0 Å². The summed E-state index contributed by atoms with van der Waals surface area (Å²) in [6, 6.07) is 13.4. The van der Waals surface area contributed by atoms with Gasteiger partial charge in [0.2, 0.25) is 0 Å². The first-order chi connectivity index (χ1) is 12.4. The predicted octanol–water partition coefficient (Wildman–Crippen LogP) is 5.29. The molecule has 3 rings (SSSR count). The highest BCUT2D eigenvalue weighted by atomic mass is 16.5. The molecular formula is C23H24O3. The molecule has 0 saturated heterocycles. The van der Waals surface area contributed by atoms with E-state index in [4.69, 9.17) is 4.74 Å². The monoisotopic (exact) mass is 348 g/mol. The molecule has 0 radical (unpaired) electrons. The van der Waals surface area contributed by atoms with Crippen LogP contribution in [0.15, 0.2) is 42.5 Å². The van der Waals surface area contributed by atoms with Gasteiger partial charge >= 0.3 is 5.97 Å². The van der Waals surface area contributed by atoms with E-state index in [2.05, 4.69) is 19.9 Å². The van der Waals surface area contributed by atoms with Crippen molar-refractivity contribution in [3.63, 3.8) is 0 Å². The molecule has 0 aromatic heterocycles. The Morgan fingerprint density at radius 3 is 2.69 bits per heavy atom. The number of carbonyl (C=O) groups excluding carboxylic acids is 2.